The Hall–Kier alpha value is -1.85. The molecule has 0 aliphatic heterocycles. The number of hydrogen-bond donors (Lipinski definition) is 2. The normalized spacial score (nSPS) is 9.94. The highest BCUT2D eigenvalue weighted by molar-refractivity contribution is 5.80. The fourth-order valence-electron chi connectivity index (χ4n) is 1.24. The number of carbonyl (C=O) groups excluding carboxylic acids is 1. The Morgan fingerprint density at radius 3 is 2.75 bits per heavy atom. The van der Waals surface area contributed by atoms with E-state index in [1.807, 2.05) is 6.92 Å². The molecule has 0 fully saturated rings. The molecular weight excluding hydrogens is 206 g/mol. The Bertz CT molecular complexity index is 377. The van der Waals surface area contributed by atoms with Crippen LogP contribution in [-0.2, 0) is 11.2 Å². The Morgan fingerprint density at radius 2 is 2.19 bits per heavy atom. The van der Waals surface area contributed by atoms with E-state index in [0.29, 0.717) is 11.6 Å². The average molecular weight is 223 g/mol. The van der Waals surface area contributed by atoms with E-state index < -0.39 is 0 Å². The quantitative estimate of drug-likeness (QED) is 0.757. The molecule has 0 spiro atoms. The number of rotatable bonds is 4. The lowest BCUT2D eigenvalue weighted by Gasteiger charge is -2.13. The average Bonchev–Trinajstić information content (AvgIpc) is 2.25. The molecule has 0 bridgehead atoms. The van der Waals surface area contributed by atoms with Crippen LogP contribution < -0.4 is 11.1 Å². The van der Waals surface area contributed by atoms with Gasteiger partial charge in [0.05, 0.1) is 6.54 Å². The molecule has 0 saturated carbocycles. The highest BCUT2D eigenvalue weighted by atomic mass is 16.2. The fraction of sp³-hybridized carbons (Fsp3) is 0.500. The van der Waals surface area contributed by atoms with Gasteiger partial charge in [-0.1, -0.05) is 6.92 Å². The van der Waals surface area contributed by atoms with Crippen molar-refractivity contribution < 1.29 is 4.79 Å². The van der Waals surface area contributed by atoms with E-state index in [0.717, 1.165) is 12.0 Å². The molecule has 0 saturated heterocycles. The SMILES string of the molecule is CCc1c(N)ncnc1NCC(=O)N(C)C. The highest BCUT2D eigenvalue weighted by Crippen LogP contribution is 2.16. The minimum absolute atomic E-state index is 0.0146. The van der Waals surface area contributed by atoms with Gasteiger partial charge in [0.25, 0.3) is 0 Å². The number of anilines is 2. The Balaban J connectivity index is 2.74. The van der Waals surface area contributed by atoms with Crippen molar-refractivity contribution in [3.05, 3.63) is 11.9 Å². The van der Waals surface area contributed by atoms with Gasteiger partial charge in [0.15, 0.2) is 0 Å². The maximum Gasteiger partial charge on any atom is 0.241 e. The lowest BCUT2D eigenvalue weighted by molar-refractivity contribution is -0.126. The van der Waals surface area contributed by atoms with Crippen molar-refractivity contribution in [3.8, 4) is 0 Å². The molecule has 6 heteroatoms. The summed E-state index contributed by atoms with van der Waals surface area (Å²) in [7, 11) is 3.41. The fourth-order valence-corrected chi connectivity index (χ4v) is 1.24. The van der Waals surface area contributed by atoms with Gasteiger partial charge in [-0.15, -0.1) is 0 Å². The minimum atomic E-state index is -0.0146. The molecule has 1 aromatic rings. The highest BCUT2D eigenvalue weighted by Gasteiger charge is 2.09. The smallest absolute Gasteiger partial charge is 0.241 e. The number of aromatic nitrogens is 2. The van der Waals surface area contributed by atoms with Gasteiger partial charge in [-0.25, -0.2) is 9.97 Å². The molecule has 1 aromatic heterocycles. The number of hydrogen-bond acceptors (Lipinski definition) is 5. The summed E-state index contributed by atoms with van der Waals surface area (Å²) in [5, 5.41) is 2.96. The molecule has 1 amide bonds. The predicted octanol–water partition coefficient (Wildman–Crippen LogP) is 0.121. The van der Waals surface area contributed by atoms with Gasteiger partial charge in [-0.2, -0.15) is 0 Å². The van der Waals surface area contributed by atoms with E-state index in [4.69, 9.17) is 5.73 Å². The molecule has 6 nitrogen and oxygen atoms in total. The standard InChI is InChI=1S/C10H17N5O/c1-4-7-9(11)13-6-14-10(7)12-5-8(16)15(2)3/h6H,4-5H2,1-3H3,(H3,11,12,13,14). The second-order valence-electron chi connectivity index (χ2n) is 3.58. The van der Waals surface area contributed by atoms with Crippen LogP contribution in [0.25, 0.3) is 0 Å². The van der Waals surface area contributed by atoms with Crippen LogP contribution in [0, 0.1) is 0 Å². The van der Waals surface area contributed by atoms with Gasteiger partial charge in [0, 0.05) is 19.7 Å². The maximum absolute atomic E-state index is 11.4. The Kier molecular flexibility index (Phi) is 4.04. The van der Waals surface area contributed by atoms with E-state index >= 15 is 0 Å². The molecular formula is C10H17N5O. The first-order chi connectivity index (χ1) is 7.56. The lowest BCUT2D eigenvalue weighted by atomic mass is 10.2. The maximum atomic E-state index is 11.4. The van der Waals surface area contributed by atoms with Crippen molar-refractivity contribution in [2.24, 2.45) is 0 Å². The number of amides is 1. The van der Waals surface area contributed by atoms with Crippen LogP contribution in [0.2, 0.25) is 0 Å². The van der Waals surface area contributed by atoms with E-state index in [1.54, 1.807) is 14.1 Å². The third-order valence-electron chi connectivity index (χ3n) is 2.24. The summed E-state index contributed by atoms with van der Waals surface area (Å²) in [4.78, 5) is 20.9. The number of nitrogen functional groups attached to an aromatic ring is 1. The molecule has 0 atom stereocenters. The summed E-state index contributed by atoms with van der Waals surface area (Å²) in [5.41, 5.74) is 6.55. The summed E-state index contributed by atoms with van der Waals surface area (Å²) in [6.07, 6.45) is 2.11. The molecule has 0 aromatic carbocycles. The number of nitrogens with two attached hydrogens (primary N) is 1. The van der Waals surface area contributed by atoms with Gasteiger partial charge in [0.2, 0.25) is 5.91 Å². The molecule has 0 unspecified atom stereocenters. The topological polar surface area (TPSA) is 84.1 Å². The first kappa shape index (κ1) is 12.2. The molecule has 88 valence electrons. The number of likely N-dealkylation sites (N-methyl/N-ethyl adjacent to an activating group) is 1. The summed E-state index contributed by atoms with van der Waals surface area (Å²) in [6, 6.07) is 0. The summed E-state index contributed by atoms with van der Waals surface area (Å²) >= 11 is 0. The van der Waals surface area contributed by atoms with Crippen LogP contribution in [0.15, 0.2) is 6.33 Å². The van der Waals surface area contributed by atoms with Crippen LogP contribution in [0.3, 0.4) is 0 Å². The Morgan fingerprint density at radius 1 is 1.50 bits per heavy atom. The van der Waals surface area contributed by atoms with E-state index in [9.17, 15) is 4.79 Å². The van der Waals surface area contributed by atoms with Crippen LogP contribution in [-0.4, -0.2) is 41.4 Å². The zero-order valence-electron chi connectivity index (χ0n) is 9.82. The lowest BCUT2D eigenvalue weighted by Crippen LogP contribution is -2.29. The van der Waals surface area contributed by atoms with Crippen molar-refractivity contribution >= 4 is 17.5 Å². The van der Waals surface area contributed by atoms with Crippen molar-refractivity contribution in [1.82, 2.24) is 14.9 Å². The molecule has 0 radical (unpaired) electrons. The van der Waals surface area contributed by atoms with Crippen molar-refractivity contribution in [1.29, 1.82) is 0 Å². The number of nitrogens with zero attached hydrogens (tertiary/aromatic N) is 3. The summed E-state index contributed by atoms with van der Waals surface area (Å²) < 4.78 is 0. The van der Waals surface area contributed by atoms with Crippen molar-refractivity contribution in [2.45, 2.75) is 13.3 Å². The van der Waals surface area contributed by atoms with Crippen LogP contribution in [0.1, 0.15) is 12.5 Å². The molecule has 3 N–H and O–H groups in total. The van der Waals surface area contributed by atoms with E-state index in [2.05, 4.69) is 15.3 Å². The summed E-state index contributed by atoms with van der Waals surface area (Å²) in [6.45, 7) is 2.17. The van der Waals surface area contributed by atoms with Gasteiger partial charge in [0.1, 0.15) is 18.0 Å². The monoisotopic (exact) mass is 223 g/mol. The first-order valence-corrected chi connectivity index (χ1v) is 5.09. The second-order valence-corrected chi connectivity index (χ2v) is 3.58. The van der Waals surface area contributed by atoms with Gasteiger partial charge >= 0.3 is 0 Å². The van der Waals surface area contributed by atoms with Crippen molar-refractivity contribution in [2.75, 3.05) is 31.7 Å². The molecule has 1 heterocycles. The molecule has 0 aliphatic carbocycles. The van der Waals surface area contributed by atoms with E-state index in [1.165, 1.54) is 11.2 Å². The predicted molar refractivity (Wildman–Crippen MR) is 63.0 cm³/mol. The molecule has 16 heavy (non-hydrogen) atoms. The van der Waals surface area contributed by atoms with E-state index in [-0.39, 0.29) is 12.5 Å². The number of nitrogens with one attached hydrogen (secondary N) is 1. The largest absolute Gasteiger partial charge is 0.383 e. The first-order valence-electron chi connectivity index (χ1n) is 5.09. The minimum Gasteiger partial charge on any atom is -0.383 e. The van der Waals surface area contributed by atoms with Crippen LogP contribution in [0.5, 0.6) is 0 Å². The van der Waals surface area contributed by atoms with Crippen LogP contribution >= 0.6 is 0 Å². The molecule has 1 rings (SSSR count). The van der Waals surface area contributed by atoms with Gasteiger partial charge in [-0.3, -0.25) is 4.79 Å². The zero-order chi connectivity index (χ0) is 12.1. The Labute approximate surface area is 94.9 Å². The number of carbonyl (C=O) groups is 1. The van der Waals surface area contributed by atoms with Gasteiger partial charge < -0.3 is 16.0 Å². The third kappa shape index (κ3) is 2.82. The van der Waals surface area contributed by atoms with Crippen molar-refractivity contribution in [3.63, 3.8) is 0 Å². The third-order valence-corrected chi connectivity index (χ3v) is 2.24. The van der Waals surface area contributed by atoms with Gasteiger partial charge in [-0.05, 0) is 6.42 Å². The zero-order valence-corrected chi connectivity index (χ0v) is 9.82. The molecule has 0 aliphatic rings. The van der Waals surface area contributed by atoms with Crippen LogP contribution in [0.4, 0.5) is 11.6 Å². The second kappa shape index (κ2) is 5.29. The summed E-state index contributed by atoms with van der Waals surface area (Å²) in [5.74, 6) is 1.07.